The fourth-order valence-electron chi connectivity index (χ4n) is 2.02. The lowest BCUT2D eigenvalue weighted by molar-refractivity contribution is -0.115. The van der Waals surface area contributed by atoms with Gasteiger partial charge in [0.1, 0.15) is 5.75 Å². The van der Waals surface area contributed by atoms with Gasteiger partial charge >= 0.3 is 0 Å². The molecular formula is C18H21ClN2O2. The molecule has 0 aliphatic rings. The zero-order chi connectivity index (χ0) is 16.7. The van der Waals surface area contributed by atoms with E-state index in [1.54, 1.807) is 0 Å². The quantitative estimate of drug-likeness (QED) is 0.809. The van der Waals surface area contributed by atoms with Crippen molar-refractivity contribution in [3.63, 3.8) is 0 Å². The van der Waals surface area contributed by atoms with E-state index in [2.05, 4.69) is 10.6 Å². The van der Waals surface area contributed by atoms with Gasteiger partial charge < -0.3 is 15.4 Å². The Balaban J connectivity index is 1.75. The van der Waals surface area contributed by atoms with Gasteiger partial charge in [0, 0.05) is 17.3 Å². The van der Waals surface area contributed by atoms with E-state index < -0.39 is 0 Å². The van der Waals surface area contributed by atoms with Gasteiger partial charge in [0.05, 0.1) is 12.6 Å². The first-order chi connectivity index (χ1) is 11.0. The lowest BCUT2D eigenvalue weighted by Crippen LogP contribution is -2.27. The Bertz CT molecular complexity index is 624. The maximum Gasteiger partial charge on any atom is 0.238 e. The Morgan fingerprint density at radius 3 is 2.35 bits per heavy atom. The molecule has 0 aromatic heterocycles. The topological polar surface area (TPSA) is 50.4 Å². The highest BCUT2D eigenvalue weighted by Crippen LogP contribution is 2.16. The SMILES string of the molecule is CC(C)Oc1ccc(NC(=O)CNCc2ccc(Cl)cc2)cc1. The van der Waals surface area contributed by atoms with Gasteiger partial charge in [0.2, 0.25) is 5.91 Å². The first-order valence-corrected chi connectivity index (χ1v) is 7.92. The summed E-state index contributed by atoms with van der Waals surface area (Å²) in [6, 6.07) is 14.9. The summed E-state index contributed by atoms with van der Waals surface area (Å²) in [5.41, 5.74) is 1.83. The van der Waals surface area contributed by atoms with Crippen LogP contribution in [-0.2, 0) is 11.3 Å². The first kappa shape index (κ1) is 17.3. The molecule has 0 fully saturated rings. The summed E-state index contributed by atoms with van der Waals surface area (Å²) in [4.78, 5) is 11.9. The van der Waals surface area contributed by atoms with Crippen LogP contribution in [0.4, 0.5) is 5.69 Å². The van der Waals surface area contributed by atoms with Crippen LogP contribution in [0, 0.1) is 0 Å². The number of hydrogen-bond donors (Lipinski definition) is 2. The van der Waals surface area contributed by atoms with E-state index in [0.29, 0.717) is 11.6 Å². The molecule has 4 nitrogen and oxygen atoms in total. The number of carbonyl (C=O) groups excluding carboxylic acids is 1. The maximum absolute atomic E-state index is 11.9. The van der Waals surface area contributed by atoms with Crippen LogP contribution >= 0.6 is 11.6 Å². The lowest BCUT2D eigenvalue weighted by atomic mass is 10.2. The molecule has 2 aromatic rings. The average Bonchev–Trinajstić information content (AvgIpc) is 2.51. The Labute approximate surface area is 141 Å². The third-order valence-corrected chi connectivity index (χ3v) is 3.29. The Morgan fingerprint density at radius 1 is 1.09 bits per heavy atom. The molecule has 0 bridgehead atoms. The summed E-state index contributed by atoms with van der Waals surface area (Å²) in [6.45, 7) is 4.81. The number of anilines is 1. The van der Waals surface area contributed by atoms with E-state index in [1.165, 1.54) is 0 Å². The van der Waals surface area contributed by atoms with E-state index in [-0.39, 0.29) is 18.6 Å². The number of rotatable bonds is 7. The van der Waals surface area contributed by atoms with Crippen molar-refractivity contribution >= 4 is 23.2 Å². The second-order valence-corrected chi connectivity index (χ2v) is 5.91. The summed E-state index contributed by atoms with van der Waals surface area (Å²) in [7, 11) is 0. The third kappa shape index (κ3) is 6.30. The van der Waals surface area contributed by atoms with Gasteiger partial charge in [-0.1, -0.05) is 23.7 Å². The van der Waals surface area contributed by atoms with Crippen LogP contribution in [0.25, 0.3) is 0 Å². The van der Waals surface area contributed by atoms with Gasteiger partial charge in [0.25, 0.3) is 0 Å². The highest BCUT2D eigenvalue weighted by Gasteiger charge is 2.03. The van der Waals surface area contributed by atoms with Gasteiger partial charge in [-0.15, -0.1) is 0 Å². The second kappa shape index (κ2) is 8.56. The predicted molar refractivity (Wildman–Crippen MR) is 94.0 cm³/mol. The molecule has 2 rings (SSSR count). The molecule has 23 heavy (non-hydrogen) atoms. The van der Waals surface area contributed by atoms with Crippen LogP contribution in [0.1, 0.15) is 19.4 Å². The Hall–Kier alpha value is -2.04. The van der Waals surface area contributed by atoms with Crippen molar-refractivity contribution in [2.24, 2.45) is 0 Å². The number of carbonyl (C=O) groups is 1. The summed E-state index contributed by atoms with van der Waals surface area (Å²) >= 11 is 5.83. The van der Waals surface area contributed by atoms with Crippen molar-refractivity contribution in [2.45, 2.75) is 26.5 Å². The lowest BCUT2D eigenvalue weighted by Gasteiger charge is -2.11. The molecule has 1 amide bonds. The zero-order valence-corrected chi connectivity index (χ0v) is 14.1. The molecule has 0 spiro atoms. The van der Waals surface area contributed by atoms with Gasteiger partial charge in [-0.25, -0.2) is 0 Å². The molecule has 122 valence electrons. The van der Waals surface area contributed by atoms with Crippen LogP contribution in [0.15, 0.2) is 48.5 Å². The van der Waals surface area contributed by atoms with E-state index in [4.69, 9.17) is 16.3 Å². The van der Waals surface area contributed by atoms with Crippen molar-refractivity contribution < 1.29 is 9.53 Å². The molecule has 0 aliphatic carbocycles. The summed E-state index contributed by atoms with van der Waals surface area (Å²) in [5, 5.41) is 6.64. The second-order valence-electron chi connectivity index (χ2n) is 5.47. The number of halogens is 1. The molecule has 0 aliphatic heterocycles. The van der Waals surface area contributed by atoms with Crippen LogP contribution in [-0.4, -0.2) is 18.6 Å². The minimum atomic E-state index is -0.0866. The number of hydrogen-bond acceptors (Lipinski definition) is 3. The molecule has 0 saturated heterocycles. The number of benzene rings is 2. The summed E-state index contributed by atoms with van der Waals surface area (Å²) < 4.78 is 5.56. The highest BCUT2D eigenvalue weighted by molar-refractivity contribution is 6.30. The molecule has 0 unspecified atom stereocenters. The van der Waals surface area contributed by atoms with Crippen molar-refractivity contribution in [2.75, 3.05) is 11.9 Å². The van der Waals surface area contributed by atoms with Gasteiger partial charge in [-0.3, -0.25) is 4.79 Å². The van der Waals surface area contributed by atoms with E-state index in [0.717, 1.165) is 17.0 Å². The Kier molecular flexibility index (Phi) is 6.44. The highest BCUT2D eigenvalue weighted by atomic mass is 35.5. The fraction of sp³-hybridized carbons (Fsp3) is 0.278. The monoisotopic (exact) mass is 332 g/mol. The predicted octanol–water partition coefficient (Wildman–Crippen LogP) is 3.86. The van der Waals surface area contributed by atoms with E-state index in [1.807, 2.05) is 62.4 Å². The van der Waals surface area contributed by atoms with Crippen molar-refractivity contribution in [3.8, 4) is 5.75 Å². The van der Waals surface area contributed by atoms with Crippen LogP contribution < -0.4 is 15.4 Å². The molecule has 2 N–H and O–H groups in total. The normalized spacial score (nSPS) is 10.6. The number of nitrogens with one attached hydrogen (secondary N) is 2. The largest absolute Gasteiger partial charge is 0.491 e. The molecule has 0 atom stereocenters. The summed E-state index contributed by atoms with van der Waals surface area (Å²) in [5.74, 6) is 0.704. The molecule has 0 heterocycles. The van der Waals surface area contributed by atoms with Gasteiger partial charge in [0.15, 0.2) is 0 Å². The molecule has 5 heteroatoms. The smallest absolute Gasteiger partial charge is 0.238 e. The minimum Gasteiger partial charge on any atom is -0.491 e. The fourth-order valence-corrected chi connectivity index (χ4v) is 2.14. The minimum absolute atomic E-state index is 0.0866. The van der Waals surface area contributed by atoms with E-state index in [9.17, 15) is 4.79 Å². The van der Waals surface area contributed by atoms with Gasteiger partial charge in [-0.2, -0.15) is 0 Å². The first-order valence-electron chi connectivity index (χ1n) is 7.54. The number of ether oxygens (including phenoxy) is 1. The summed E-state index contributed by atoms with van der Waals surface area (Å²) in [6.07, 6.45) is 0.132. The zero-order valence-electron chi connectivity index (χ0n) is 13.3. The average molecular weight is 333 g/mol. The van der Waals surface area contributed by atoms with Gasteiger partial charge in [-0.05, 0) is 55.8 Å². The van der Waals surface area contributed by atoms with Crippen molar-refractivity contribution in [1.82, 2.24) is 5.32 Å². The number of amides is 1. The maximum atomic E-state index is 11.9. The molecule has 0 radical (unpaired) electrons. The third-order valence-electron chi connectivity index (χ3n) is 3.04. The van der Waals surface area contributed by atoms with Crippen molar-refractivity contribution in [3.05, 3.63) is 59.1 Å². The van der Waals surface area contributed by atoms with E-state index >= 15 is 0 Å². The molecule has 2 aromatic carbocycles. The van der Waals surface area contributed by atoms with Crippen LogP contribution in [0.2, 0.25) is 5.02 Å². The Morgan fingerprint density at radius 2 is 1.74 bits per heavy atom. The van der Waals surface area contributed by atoms with Crippen molar-refractivity contribution in [1.29, 1.82) is 0 Å². The standard InChI is InChI=1S/C18H21ClN2O2/c1-13(2)23-17-9-7-16(8-10-17)21-18(22)12-20-11-14-3-5-15(19)6-4-14/h3-10,13,20H,11-12H2,1-2H3,(H,21,22). The molecule has 0 saturated carbocycles. The van der Waals surface area contributed by atoms with Crippen LogP contribution in [0.5, 0.6) is 5.75 Å². The van der Waals surface area contributed by atoms with Crippen LogP contribution in [0.3, 0.4) is 0 Å². The molecular weight excluding hydrogens is 312 g/mol.